The highest BCUT2D eigenvalue weighted by molar-refractivity contribution is 7.80. The van der Waals surface area contributed by atoms with Gasteiger partial charge < -0.3 is 24.4 Å². The Labute approximate surface area is 196 Å². The molecule has 0 aromatic rings. The van der Waals surface area contributed by atoms with Crippen LogP contribution in [0.25, 0.3) is 0 Å². The predicted molar refractivity (Wildman–Crippen MR) is 126 cm³/mol. The molecule has 0 fully saturated rings. The molecule has 0 aliphatic heterocycles. The minimum atomic E-state index is -4.86. The Bertz CT molecular complexity index is 510. The van der Waals surface area contributed by atoms with Crippen molar-refractivity contribution in [1.29, 1.82) is 0 Å². The van der Waals surface area contributed by atoms with Crippen LogP contribution in [-0.4, -0.2) is 84.9 Å². The Hall–Kier alpha value is -0.290. The Kier molecular flexibility index (Phi) is 19.9. The van der Waals surface area contributed by atoms with E-state index in [0.717, 1.165) is 19.3 Å². The highest BCUT2D eigenvalue weighted by atomic mass is 32.3. The summed E-state index contributed by atoms with van der Waals surface area (Å²) in [4.78, 5) is 0. The lowest BCUT2D eigenvalue weighted by molar-refractivity contribution is -0.931. The number of hydrogen-bond donors (Lipinski definition) is 3. The van der Waals surface area contributed by atoms with E-state index in [1.54, 1.807) is 0 Å². The lowest BCUT2D eigenvalue weighted by Crippen LogP contribution is -2.56. The van der Waals surface area contributed by atoms with Crippen LogP contribution in [0.4, 0.5) is 0 Å². The van der Waals surface area contributed by atoms with Gasteiger partial charge in [-0.3, -0.25) is 4.18 Å². The van der Waals surface area contributed by atoms with Gasteiger partial charge in [0.25, 0.3) is 0 Å². The van der Waals surface area contributed by atoms with Crippen LogP contribution in [0, 0.1) is 0 Å². The average Bonchev–Trinajstić information content (AvgIpc) is 2.72. The molecule has 0 spiro atoms. The van der Waals surface area contributed by atoms with Crippen LogP contribution in [0.5, 0.6) is 0 Å². The van der Waals surface area contributed by atoms with Gasteiger partial charge in [0.2, 0.25) is 10.4 Å². The average molecular weight is 484 g/mol. The lowest BCUT2D eigenvalue weighted by atomic mass is 10.0. The zero-order valence-electron chi connectivity index (χ0n) is 20.3. The summed E-state index contributed by atoms with van der Waals surface area (Å²) in [5.74, 6) is 0. The van der Waals surface area contributed by atoms with Gasteiger partial charge in [-0.15, -0.1) is 0 Å². The largest absolute Gasteiger partial charge is 0.726 e. The van der Waals surface area contributed by atoms with E-state index >= 15 is 0 Å². The van der Waals surface area contributed by atoms with Crippen LogP contribution in [-0.2, 0) is 14.6 Å². The van der Waals surface area contributed by atoms with E-state index in [0.29, 0.717) is 19.6 Å². The molecule has 0 aromatic carbocycles. The third-order valence-corrected chi connectivity index (χ3v) is 6.56. The van der Waals surface area contributed by atoms with E-state index in [1.807, 2.05) is 0 Å². The molecule has 0 saturated heterocycles. The molecule has 1 unspecified atom stereocenters. The summed E-state index contributed by atoms with van der Waals surface area (Å²) in [6.07, 6.45) is 16.5. The van der Waals surface area contributed by atoms with Crippen molar-refractivity contribution >= 4 is 10.4 Å². The highest BCUT2D eigenvalue weighted by Crippen LogP contribution is 2.16. The van der Waals surface area contributed by atoms with Gasteiger partial charge in [0.05, 0.1) is 26.4 Å². The number of aliphatic hydroxyl groups is 3. The summed E-state index contributed by atoms with van der Waals surface area (Å²) in [6, 6.07) is 0. The molecular formula is C23H49NO7S. The van der Waals surface area contributed by atoms with E-state index < -0.39 is 23.1 Å². The van der Waals surface area contributed by atoms with E-state index in [-0.39, 0.29) is 24.2 Å². The molecule has 194 valence electrons. The van der Waals surface area contributed by atoms with Crippen molar-refractivity contribution in [3.8, 4) is 0 Å². The fourth-order valence-corrected chi connectivity index (χ4v) is 4.66. The number of aliphatic hydroxyl groups excluding tert-OH is 3. The van der Waals surface area contributed by atoms with Crippen LogP contribution in [0.3, 0.4) is 0 Å². The van der Waals surface area contributed by atoms with Crippen molar-refractivity contribution in [2.75, 3.05) is 46.0 Å². The van der Waals surface area contributed by atoms with Crippen molar-refractivity contribution in [2.45, 2.75) is 103 Å². The van der Waals surface area contributed by atoms with Gasteiger partial charge in [-0.1, -0.05) is 84.0 Å². The predicted octanol–water partition coefficient (Wildman–Crippen LogP) is 3.11. The Morgan fingerprint density at radius 1 is 0.750 bits per heavy atom. The summed E-state index contributed by atoms with van der Waals surface area (Å²) in [7, 11) is -4.86. The summed E-state index contributed by atoms with van der Waals surface area (Å²) in [5, 5.41) is 29.0. The molecule has 0 amide bonds. The minimum absolute atomic E-state index is 0.105. The second-order valence-corrected chi connectivity index (χ2v) is 10.1. The second kappa shape index (κ2) is 20.1. The van der Waals surface area contributed by atoms with E-state index in [1.165, 1.54) is 70.6 Å². The van der Waals surface area contributed by atoms with Gasteiger partial charge in [-0.25, -0.2) is 8.42 Å². The summed E-state index contributed by atoms with van der Waals surface area (Å²) < 4.78 is 36.2. The first-order chi connectivity index (χ1) is 15.3. The quantitative estimate of drug-likeness (QED) is 0.0833. The topological polar surface area (TPSA) is 127 Å². The number of quaternary nitrogens is 1. The molecule has 0 rings (SSSR count). The molecule has 0 radical (unpaired) electrons. The van der Waals surface area contributed by atoms with Crippen LogP contribution in [0.2, 0.25) is 0 Å². The van der Waals surface area contributed by atoms with Gasteiger partial charge in [0.1, 0.15) is 25.7 Å². The Morgan fingerprint density at radius 2 is 1.16 bits per heavy atom. The van der Waals surface area contributed by atoms with Crippen molar-refractivity contribution < 1.29 is 37.0 Å². The van der Waals surface area contributed by atoms with Crippen LogP contribution in [0.15, 0.2) is 0 Å². The zero-order valence-corrected chi connectivity index (χ0v) is 21.1. The van der Waals surface area contributed by atoms with Gasteiger partial charge in [0.15, 0.2) is 0 Å². The van der Waals surface area contributed by atoms with Gasteiger partial charge in [0, 0.05) is 0 Å². The van der Waals surface area contributed by atoms with E-state index in [4.69, 9.17) is 0 Å². The monoisotopic (exact) mass is 483 g/mol. The lowest BCUT2D eigenvalue weighted by Gasteiger charge is -2.39. The molecule has 9 heteroatoms. The maximum Gasteiger partial charge on any atom is 0.217 e. The maximum absolute atomic E-state index is 10.6. The number of unbranched alkanes of at least 4 members (excludes halogenated alkanes) is 13. The molecule has 0 heterocycles. The molecule has 0 aliphatic rings. The number of hydrogen-bond acceptors (Lipinski definition) is 7. The molecule has 8 nitrogen and oxygen atoms in total. The molecule has 0 aromatic heterocycles. The third kappa shape index (κ3) is 19.2. The number of nitrogens with zero attached hydrogens (tertiary/aromatic N) is 1. The first kappa shape index (κ1) is 31.7. The molecular weight excluding hydrogens is 434 g/mol. The zero-order chi connectivity index (χ0) is 24.1. The standard InChI is InChI=1S/C23H49NO7S/c1-2-3-4-5-6-7-8-9-10-11-12-13-14-15-16-24(17-19-25,18-20-26)21-23(27)22-31-32(28,29)30/h23,25-27H,2-22H2,1H3. The maximum atomic E-state index is 10.6. The Balaban J connectivity index is 4.04. The molecule has 1 atom stereocenters. The molecule has 0 aliphatic carbocycles. The molecule has 3 N–H and O–H groups in total. The fourth-order valence-electron chi connectivity index (χ4n) is 4.34. The van der Waals surface area contributed by atoms with Crippen LogP contribution in [0.1, 0.15) is 96.8 Å². The minimum Gasteiger partial charge on any atom is -0.726 e. The van der Waals surface area contributed by atoms with Gasteiger partial charge in [-0.05, 0) is 12.8 Å². The third-order valence-electron chi connectivity index (χ3n) is 6.14. The summed E-state index contributed by atoms with van der Waals surface area (Å²) in [5.41, 5.74) is 0. The first-order valence-electron chi connectivity index (χ1n) is 12.6. The fraction of sp³-hybridized carbons (Fsp3) is 1.00. The Morgan fingerprint density at radius 3 is 1.53 bits per heavy atom. The van der Waals surface area contributed by atoms with Crippen molar-refractivity contribution in [3.05, 3.63) is 0 Å². The normalized spacial score (nSPS) is 13.5. The first-order valence-corrected chi connectivity index (χ1v) is 14.0. The van der Waals surface area contributed by atoms with Crippen molar-refractivity contribution in [3.63, 3.8) is 0 Å². The van der Waals surface area contributed by atoms with Gasteiger partial charge >= 0.3 is 0 Å². The summed E-state index contributed by atoms with van der Waals surface area (Å²) in [6.45, 7) is 2.91. The van der Waals surface area contributed by atoms with Crippen molar-refractivity contribution in [2.24, 2.45) is 0 Å². The molecule has 0 saturated carbocycles. The SMILES string of the molecule is CCCCCCCCCCCCCCCC[N+](CCO)(CCO)CC(O)COS(=O)(=O)[O-]. The smallest absolute Gasteiger partial charge is 0.217 e. The highest BCUT2D eigenvalue weighted by Gasteiger charge is 2.29. The van der Waals surface area contributed by atoms with Crippen LogP contribution >= 0.6 is 0 Å². The van der Waals surface area contributed by atoms with Crippen molar-refractivity contribution in [1.82, 2.24) is 0 Å². The second-order valence-electron chi connectivity index (χ2n) is 9.09. The van der Waals surface area contributed by atoms with E-state index in [9.17, 15) is 28.3 Å². The molecule has 0 bridgehead atoms. The van der Waals surface area contributed by atoms with Crippen LogP contribution < -0.4 is 0 Å². The molecule has 32 heavy (non-hydrogen) atoms. The van der Waals surface area contributed by atoms with E-state index in [2.05, 4.69) is 11.1 Å². The van der Waals surface area contributed by atoms with Gasteiger partial charge in [-0.2, -0.15) is 0 Å². The summed E-state index contributed by atoms with van der Waals surface area (Å²) >= 11 is 0. The number of rotatable bonds is 24.